The van der Waals surface area contributed by atoms with Crippen LogP contribution in [0, 0.1) is 5.92 Å². The molecule has 1 fully saturated rings. The fraction of sp³-hybridized carbons (Fsp3) is 0.667. The second kappa shape index (κ2) is 7.68. The van der Waals surface area contributed by atoms with Crippen LogP contribution < -0.4 is 10.5 Å². The SMILES string of the molecule is CCC1CCCC(Oc2ccc(CCC(C)N)cc2)C1. The molecule has 0 aliphatic heterocycles. The van der Waals surface area contributed by atoms with Gasteiger partial charge in [-0.25, -0.2) is 0 Å². The highest BCUT2D eigenvalue weighted by atomic mass is 16.5. The molecule has 1 aromatic rings. The Hall–Kier alpha value is -1.02. The third-order valence-electron chi connectivity index (χ3n) is 4.43. The van der Waals surface area contributed by atoms with Crippen molar-refractivity contribution in [3.8, 4) is 5.75 Å². The number of ether oxygens (including phenoxy) is 1. The van der Waals surface area contributed by atoms with E-state index in [1.54, 1.807) is 0 Å². The van der Waals surface area contributed by atoms with Crippen molar-refractivity contribution in [1.82, 2.24) is 0 Å². The summed E-state index contributed by atoms with van der Waals surface area (Å²) < 4.78 is 6.14. The smallest absolute Gasteiger partial charge is 0.119 e. The minimum atomic E-state index is 0.277. The highest BCUT2D eigenvalue weighted by Crippen LogP contribution is 2.29. The van der Waals surface area contributed by atoms with Gasteiger partial charge in [-0.2, -0.15) is 0 Å². The molecular formula is C18H29NO. The summed E-state index contributed by atoms with van der Waals surface area (Å²) in [7, 11) is 0. The van der Waals surface area contributed by atoms with Crippen molar-refractivity contribution < 1.29 is 4.74 Å². The zero-order valence-corrected chi connectivity index (χ0v) is 13.0. The number of rotatable bonds is 6. The Morgan fingerprint density at radius 1 is 1.25 bits per heavy atom. The Morgan fingerprint density at radius 3 is 2.65 bits per heavy atom. The van der Waals surface area contributed by atoms with Crippen LogP contribution in [0.1, 0.15) is 57.9 Å². The van der Waals surface area contributed by atoms with Gasteiger partial charge in [0, 0.05) is 6.04 Å². The van der Waals surface area contributed by atoms with Crippen LogP contribution in [0.3, 0.4) is 0 Å². The van der Waals surface area contributed by atoms with Crippen LogP contribution in [0.15, 0.2) is 24.3 Å². The summed E-state index contributed by atoms with van der Waals surface area (Å²) in [6, 6.07) is 8.87. The molecule has 0 saturated heterocycles. The molecule has 2 nitrogen and oxygen atoms in total. The maximum atomic E-state index is 6.14. The zero-order valence-electron chi connectivity index (χ0n) is 13.0. The standard InChI is InChI=1S/C18H29NO/c1-3-15-5-4-6-18(13-15)20-17-11-9-16(10-12-17)8-7-14(2)19/h9-12,14-15,18H,3-8,13,19H2,1-2H3. The molecule has 2 rings (SSSR count). The van der Waals surface area contributed by atoms with Crippen molar-refractivity contribution in [2.45, 2.75) is 70.9 Å². The summed E-state index contributed by atoms with van der Waals surface area (Å²) >= 11 is 0. The van der Waals surface area contributed by atoms with Gasteiger partial charge < -0.3 is 10.5 Å². The lowest BCUT2D eigenvalue weighted by Gasteiger charge is -2.29. The fourth-order valence-corrected chi connectivity index (χ4v) is 3.04. The van der Waals surface area contributed by atoms with E-state index in [1.807, 2.05) is 0 Å². The molecular weight excluding hydrogens is 246 g/mol. The van der Waals surface area contributed by atoms with Crippen LogP contribution >= 0.6 is 0 Å². The first-order chi connectivity index (χ1) is 9.67. The van der Waals surface area contributed by atoms with Crippen LogP contribution in [0.5, 0.6) is 5.75 Å². The normalized spacial score (nSPS) is 24.4. The first-order valence-corrected chi connectivity index (χ1v) is 8.18. The summed E-state index contributed by atoms with van der Waals surface area (Å²) in [5.74, 6) is 1.88. The van der Waals surface area contributed by atoms with E-state index in [9.17, 15) is 0 Å². The van der Waals surface area contributed by atoms with Gasteiger partial charge in [0.25, 0.3) is 0 Å². The topological polar surface area (TPSA) is 35.2 Å². The van der Waals surface area contributed by atoms with Gasteiger partial charge in [-0.15, -0.1) is 0 Å². The first kappa shape index (κ1) is 15.4. The van der Waals surface area contributed by atoms with Crippen molar-refractivity contribution in [2.24, 2.45) is 11.7 Å². The van der Waals surface area contributed by atoms with E-state index >= 15 is 0 Å². The molecule has 1 aliphatic carbocycles. The summed E-state index contributed by atoms with van der Waals surface area (Å²) in [5, 5.41) is 0. The molecule has 1 aromatic carbocycles. The van der Waals surface area contributed by atoms with Gasteiger partial charge in [-0.1, -0.05) is 31.9 Å². The van der Waals surface area contributed by atoms with Crippen molar-refractivity contribution in [1.29, 1.82) is 0 Å². The Morgan fingerprint density at radius 2 is 2.00 bits per heavy atom. The predicted octanol–water partition coefficient (Wildman–Crippen LogP) is 4.31. The highest BCUT2D eigenvalue weighted by Gasteiger charge is 2.21. The first-order valence-electron chi connectivity index (χ1n) is 8.18. The maximum absolute atomic E-state index is 6.14. The molecule has 2 N–H and O–H groups in total. The Kier molecular flexibility index (Phi) is 5.90. The number of hydrogen-bond donors (Lipinski definition) is 1. The van der Waals surface area contributed by atoms with Gasteiger partial charge in [0.1, 0.15) is 5.75 Å². The molecule has 0 aromatic heterocycles. The number of benzene rings is 1. The fourth-order valence-electron chi connectivity index (χ4n) is 3.04. The van der Waals surface area contributed by atoms with Crippen LogP contribution in [-0.4, -0.2) is 12.1 Å². The molecule has 2 heteroatoms. The van der Waals surface area contributed by atoms with Crippen molar-refractivity contribution in [3.63, 3.8) is 0 Å². The minimum Gasteiger partial charge on any atom is -0.490 e. The summed E-state index contributed by atoms with van der Waals surface area (Å²) in [6.07, 6.45) is 8.94. The molecule has 0 spiro atoms. The predicted molar refractivity (Wildman–Crippen MR) is 85.1 cm³/mol. The van der Waals surface area contributed by atoms with E-state index in [-0.39, 0.29) is 6.04 Å². The number of aryl methyl sites for hydroxylation is 1. The van der Waals surface area contributed by atoms with Gasteiger partial charge in [0.2, 0.25) is 0 Å². The lowest BCUT2D eigenvalue weighted by molar-refractivity contribution is 0.122. The number of hydrogen-bond acceptors (Lipinski definition) is 2. The second-order valence-corrected chi connectivity index (χ2v) is 6.34. The third-order valence-corrected chi connectivity index (χ3v) is 4.43. The lowest BCUT2D eigenvalue weighted by atomic mass is 9.85. The molecule has 1 aliphatic rings. The van der Waals surface area contributed by atoms with Crippen molar-refractivity contribution in [2.75, 3.05) is 0 Å². The summed E-state index contributed by atoms with van der Waals surface area (Å²) in [5.41, 5.74) is 7.15. The van der Waals surface area contributed by atoms with Gasteiger partial charge >= 0.3 is 0 Å². The summed E-state index contributed by atoms with van der Waals surface area (Å²) in [4.78, 5) is 0. The Labute approximate surface area is 123 Å². The molecule has 3 unspecified atom stereocenters. The molecule has 0 radical (unpaired) electrons. The van der Waals surface area contributed by atoms with Crippen molar-refractivity contribution >= 4 is 0 Å². The van der Waals surface area contributed by atoms with Gasteiger partial charge in [-0.05, 0) is 62.6 Å². The zero-order chi connectivity index (χ0) is 14.4. The van der Waals surface area contributed by atoms with Crippen LogP contribution in [0.2, 0.25) is 0 Å². The van der Waals surface area contributed by atoms with Crippen molar-refractivity contribution in [3.05, 3.63) is 29.8 Å². The largest absolute Gasteiger partial charge is 0.490 e. The minimum absolute atomic E-state index is 0.277. The van der Waals surface area contributed by atoms with E-state index in [0.29, 0.717) is 6.10 Å². The molecule has 20 heavy (non-hydrogen) atoms. The van der Waals surface area contributed by atoms with Gasteiger partial charge in [0.05, 0.1) is 6.10 Å². The third kappa shape index (κ3) is 4.82. The van der Waals surface area contributed by atoms with Crippen LogP contribution in [0.25, 0.3) is 0 Å². The molecule has 0 bridgehead atoms. The number of nitrogens with two attached hydrogens (primary N) is 1. The molecule has 0 amide bonds. The Bertz CT molecular complexity index is 385. The lowest BCUT2D eigenvalue weighted by Crippen LogP contribution is -2.25. The van der Waals surface area contributed by atoms with E-state index in [0.717, 1.165) is 24.5 Å². The second-order valence-electron chi connectivity index (χ2n) is 6.34. The van der Waals surface area contributed by atoms with Gasteiger partial charge in [0.15, 0.2) is 0 Å². The Balaban J connectivity index is 1.83. The molecule has 0 heterocycles. The maximum Gasteiger partial charge on any atom is 0.119 e. The van der Waals surface area contributed by atoms with Gasteiger partial charge in [-0.3, -0.25) is 0 Å². The summed E-state index contributed by atoms with van der Waals surface area (Å²) in [6.45, 7) is 4.35. The van der Waals surface area contributed by atoms with Crippen LogP contribution in [0.4, 0.5) is 0 Å². The van der Waals surface area contributed by atoms with E-state index < -0.39 is 0 Å². The van der Waals surface area contributed by atoms with E-state index in [4.69, 9.17) is 10.5 Å². The average Bonchev–Trinajstić information content (AvgIpc) is 2.47. The quantitative estimate of drug-likeness (QED) is 0.839. The molecule has 1 saturated carbocycles. The molecule has 112 valence electrons. The monoisotopic (exact) mass is 275 g/mol. The molecule has 3 atom stereocenters. The highest BCUT2D eigenvalue weighted by molar-refractivity contribution is 5.27. The van der Waals surface area contributed by atoms with E-state index in [2.05, 4.69) is 38.1 Å². The van der Waals surface area contributed by atoms with Crippen LogP contribution in [-0.2, 0) is 6.42 Å². The average molecular weight is 275 g/mol. The van der Waals surface area contributed by atoms with E-state index in [1.165, 1.54) is 37.7 Å².